The van der Waals surface area contributed by atoms with Crippen LogP contribution in [0.4, 0.5) is 0 Å². The molecule has 1 N–H and O–H groups in total. The van der Waals surface area contributed by atoms with Gasteiger partial charge in [0.2, 0.25) is 0 Å². The van der Waals surface area contributed by atoms with Crippen molar-refractivity contribution in [2.24, 2.45) is 0 Å². The Morgan fingerprint density at radius 1 is 1.23 bits per heavy atom. The van der Waals surface area contributed by atoms with Crippen molar-refractivity contribution < 1.29 is 4.42 Å². The van der Waals surface area contributed by atoms with E-state index in [4.69, 9.17) is 16.0 Å². The van der Waals surface area contributed by atoms with Crippen LogP contribution in [0.3, 0.4) is 0 Å². The summed E-state index contributed by atoms with van der Waals surface area (Å²) in [6.45, 7) is 6.44. The van der Waals surface area contributed by atoms with Crippen molar-refractivity contribution in [1.82, 2.24) is 10.2 Å². The predicted octanol–water partition coefficient (Wildman–Crippen LogP) is 4.17. The summed E-state index contributed by atoms with van der Waals surface area (Å²) in [7, 11) is 0. The van der Waals surface area contributed by atoms with E-state index in [2.05, 4.69) is 17.1 Å². The molecule has 1 saturated heterocycles. The molecule has 0 unspecified atom stereocenters. The Labute approximate surface area is 137 Å². The lowest BCUT2D eigenvalue weighted by molar-refractivity contribution is 0.258. The highest BCUT2D eigenvalue weighted by Gasteiger charge is 2.22. The highest BCUT2D eigenvalue weighted by atomic mass is 35.5. The molecule has 2 heterocycles. The van der Waals surface area contributed by atoms with Crippen LogP contribution in [0.5, 0.6) is 0 Å². The van der Waals surface area contributed by atoms with E-state index < -0.39 is 0 Å². The third-order valence-electron chi connectivity index (χ3n) is 4.37. The predicted molar refractivity (Wildman–Crippen MR) is 91.1 cm³/mol. The molecule has 0 radical (unpaired) electrons. The fourth-order valence-corrected chi connectivity index (χ4v) is 3.27. The topological polar surface area (TPSA) is 28.4 Å². The number of hydrogen-bond donors (Lipinski definition) is 1. The second-order valence-corrected chi connectivity index (χ2v) is 6.26. The molecule has 1 atom stereocenters. The lowest BCUT2D eigenvalue weighted by Crippen LogP contribution is -2.37. The van der Waals surface area contributed by atoms with Crippen molar-refractivity contribution in [2.75, 3.05) is 19.6 Å². The van der Waals surface area contributed by atoms with Crippen LogP contribution in [-0.4, -0.2) is 30.6 Å². The van der Waals surface area contributed by atoms with Crippen LogP contribution in [0.25, 0.3) is 11.3 Å². The Morgan fingerprint density at radius 2 is 2.05 bits per heavy atom. The summed E-state index contributed by atoms with van der Waals surface area (Å²) >= 11 is 5.91. The number of likely N-dealkylation sites (tertiary alicyclic amines) is 1. The minimum atomic E-state index is 0.677. The SMILES string of the molecule is CCN1CCC[C@@H]1CNCc1ccc(-c2ccc(Cl)cc2)o1. The molecular formula is C18H23ClN2O. The molecule has 1 aromatic heterocycles. The number of nitrogens with zero attached hydrogens (tertiary/aromatic N) is 1. The van der Waals surface area contributed by atoms with Crippen LogP contribution in [0.1, 0.15) is 25.5 Å². The van der Waals surface area contributed by atoms with Gasteiger partial charge in [0.05, 0.1) is 6.54 Å². The highest BCUT2D eigenvalue weighted by molar-refractivity contribution is 6.30. The molecule has 3 nitrogen and oxygen atoms in total. The second-order valence-electron chi connectivity index (χ2n) is 5.83. The van der Waals surface area contributed by atoms with E-state index in [1.54, 1.807) is 0 Å². The Morgan fingerprint density at radius 3 is 2.82 bits per heavy atom. The number of likely N-dealkylation sites (N-methyl/N-ethyl adjacent to an activating group) is 1. The number of benzene rings is 1. The number of halogens is 1. The molecule has 22 heavy (non-hydrogen) atoms. The van der Waals surface area contributed by atoms with Crippen molar-refractivity contribution in [3.8, 4) is 11.3 Å². The zero-order valence-electron chi connectivity index (χ0n) is 13.0. The third-order valence-corrected chi connectivity index (χ3v) is 4.63. The number of hydrogen-bond acceptors (Lipinski definition) is 3. The maximum atomic E-state index is 5.91. The van der Waals surface area contributed by atoms with Gasteiger partial charge in [-0.25, -0.2) is 0 Å². The zero-order chi connectivity index (χ0) is 15.4. The summed E-state index contributed by atoms with van der Waals surface area (Å²) < 4.78 is 5.91. The Kier molecular flexibility index (Phi) is 5.19. The first-order valence-corrected chi connectivity index (χ1v) is 8.43. The van der Waals surface area contributed by atoms with E-state index in [9.17, 15) is 0 Å². The van der Waals surface area contributed by atoms with Gasteiger partial charge in [-0.1, -0.05) is 18.5 Å². The van der Waals surface area contributed by atoms with E-state index in [1.165, 1.54) is 19.4 Å². The fourth-order valence-electron chi connectivity index (χ4n) is 3.15. The van der Waals surface area contributed by atoms with E-state index in [-0.39, 0.29) is 0 Å². The van der Waals surface area contributed by atoms with Crippen LogP contribution < -0.4 is 5.32 Å². The van der Waals surface area contributed by atoms with Crippen molar-refractivity contribution in [3.63, 3.8) is 0 Å². The van der Waals surface area contributed by atoms with Crippen LogP contribution >= 0.6 is 11.6 Å². The lowest BCUT2D eigenvalue weighted by atomic mass is 10.2. The van der Waals surface area contributed by atoms with Crippen LogP contribution in [0.2, 0.25) is 5.02 Å². The van der Waals surface area contributed by atoms with Crippen LogP contribution in [0, 0.1) is 0 Å². The standard InChI is InChI=1S/C18H23ClN2O/c1-2-21-11-3-4-16(21)12-20-13-17-9-10-18(22-17)14-5-7-15(19)8-6-14/h5-10,16,20H,2-4,11-13H2,1H3/t16-/m1/s1. The molecule has 2 aromatic rings. The zero-order valence-corrected chi connectivity index (χ0v) is 13.8. The molecule has 1 aromatic carbocycles. The van der Waals surface area contributed by atoms with Gasteiger partial charge < -0.3 is 9.73 Å². The molecule has 0 saturated carbocycles. The minimum absolute atomic E-state index is 0.677. The molecule has 4 heteroatoms. The summed E-state index contributed by atoms with van der Waals surface area (Å²) in [5, 5.41) is 4.27. The van der Waals surface area contributed by atoms with E-state index >= 15 is 0 Å². The van der Waals surface area contributed by atoms with Gasteiger partial charge in [0.25, 0.3) is 0 Å². The molecule has 1 aliphatic rings. The van der Waals surface area contributed by atoms with Gasteiger partial charge in [0.15, 0.2) is 0 Å². The minimum Gasteiger partial charge on any atom is -0.460 e. The van der Waals surface area contributed by atoms with Gasteiger partial charge in [0.1, 0.15) is 11.5 Å². The average molecular weight is 319 g/mol. The maximum Gasteiger partial charge on any atom is 0.134 e. The quantitative estimate of drug-likeness (QED) is 0.866. The Bertz CT molecular complexity index is 593. The molecule has 3 rings (SSSR count). The summed E-state index contributed by atoms with van der Waals surface area (Å²) in [5.41, 5.74) is 1.06. The van der Waals surface area contributed by atoms with Crippen LogP contribution in [0.15, 0.2) is 40.8 Å². The van der Waals surface area contributed by atoms with Gasteiger partial charge in [0, 0.05) is 23.2 Å². The molecule has 1 fully saturated rings. The van der Waals surface area contributed by atoms with Gasteiger partial charge in [-0.3, -0.25) is 4.90 Å². The lowest BCUT2D eigenvalue weighted by Gasteiger charge is -2.22. The van der Waals surface area contributed by atoms with Gasteiger partial charge in [-0.05, 0) is 62.3 Å². The summed E-state index contributed by atoms with van der Waals surface area (Å²) in [5.74, 6) is 1.87. The van der Waals surface area contributed by atoms with Gasteiger partial charge in [-0.15, -0.1) is 0 Å². The number of furan rings is 1. The fraction of sp³-hybridized carbons (Fsp3) is 0.444. The largest absolute Gasteiger partial charge is 0.460 e. The molecule has 0 bridgehead atoms. The first kappa shape index (κ1) is 15.6. The van der Waals surface area contributed by atoms with Crippen molar-refractivity contribution in [1.29, 1.82) is 0 Å². The van der Waals surface area contributed by atoms with Gasteiger partial charge >= 0.3 is 0 Å². The van der Waals surface area contributed by atoms with Crippen molar-refractivity contribution >= 4 is 11.6 Å². The average Bonchev–Trinajstić information content (AvgIpc) is 3.17. The van der Waals surface area contributed by atoms with Gasteiger partial charge in [-0.2, -0.15) is 0 Å². The van der Waals surface area contributed by atoms with E-state index in [0.717, 1.165) is 41.7 Å². The van der Waals surface area contributed by atoms with Crippen LogP contribution in [-0.2, 0) is 6.54 Å². The molecule has 1 aliphatic heterocycles. The molecule has 118 valence electrons. The summed E-state index contributed by atoms with van der Waals surface area (Å²) in [6.07, 6.45) is 2.62. The first-order valence-electron chi connectivity index (χ1n) is 8.05. The smallest absolute Gasteiger partial charge is 0.134 e. The van der Waals surface area contributed by atoms with Crippen molar-refractivity contribution in [2.45, 2.75) is 32.4 Å². The van der Waals surface area contributed by atoms with Crippen molar-refractivity contribution in [3.05, 3.63) is 47.2 Å². The Hall–Kier alpha value is -1.29. The number of rotatable bonds is 6. The van der Waals surface area contributed by atoms with E-state index in [1.807, 2.05) is 36.4 Å². The molecule has 0 amide bonds. The molecule has 0 spiro atoms. The molecule has 0 aliphatic carbocycles. The monoisotopic (exact) mass is 318 g/mol. The Balaban J connectivity index is 1.52. The van der Waals surface area contributed by atoms with E-state index in [0.29, 0.717) is 6.04 Å². The normalized spacial score (nSPS) is 18.9. The molecular weight excluding hydrogens is 296 g/mol. The number of nitrogens with one attached hydrogen (secondary N) is 1. The highest BCUT2D eigenvalue weighted by Crippen LogP contribution is 2.24. The first-order chi connectivity index (χ1) is 10.8. The second kappa shape index (κ2) is 7.32. The summed E-state index contributed by atoms with van der Waals surface area (Å²) in [4.78, 5) is 2.55. The maximum absolute atomic E-state index is 5.91. The summed E-state index contributed by atoms with van der Waals surface area (Å²) in [6, 6.07) is 12.5. The third kappa shape index (κ3) is 3.72.